The van der Waals surface area contributed by atoms with Gasteiger partial charge in [-0.15, -0.1) is 11.3 Å². The number of hydrogen-bond acceptors (Lipinski definition) is 4. The largest absolute Gasteiger partial charge is 0.373 e. The fourth-order valence-corrected chi connectivity index (χ4v) is 2.32. The number of thiophene rings is 1. The van der Waals surface area contributed by atoms with Gasteiger partial charge < -0.3 is 10.6 Å². The first kappa shape index (κ1) is 12.1. The standard InChI is InChI=1S/C13H17N3S/c1-16(7-6-13-3-2-8-17-13)12-5-4-11(9-14)15-10-12/h2-5,8,10H,6-7,9,14H2,1H3. The van der Waals surface area contributed by atoms with Gasteiger partial charge in [-0.3, -0.25) is 4.98 Å². The van der Waals surface area contributed by atoms with Gasteiger partial charge in [0, 0.05) is 25.0 Å². The zero-order valence-corrected chi connectivity index (χ0v) is 10.8. The fraction of sp³-hybridized carbons (Fsp3) is 0.308. The Morgan fingerprint density at radius 1 is 1.35 bits per heavy atom. The second kappa shape index (κ2) is 5.80. The molecule has 0 aliphatic carbocycles. The Bertz CT molecular complexity index is 436. The predicted octanol–water partition coefficient (Wildman–Crippen LogP) is 2.28. The van der Waals surface area contributed by atoms with E-state index in [0.717, 1.165) is 24.3 Å². The number of hydrogen-bond donors (Lipinski definition) is 1. The van der Waals surface area contributed by atoms with E-state index in [1.165, 1.54) is 4.88 Å². The Morgan fingerprint density at radius 2 is 2.24 bits per heavy atom. The summed E-state index contributed by atoms with van der Waals surface area (Å²) in [6.45, 7) is 1.50. The molecule has 4 heteroatoms. The van der Waals surface area contributed by atoms with Crippen LogP contribution in [0.4, 0.5) is 5.69 Å². The quantitative estimate of drug-likeness (QED) is 0.881. The molecule has 0 radical (unpaired) electrons. The molecule has 0 saturated carbocycles. The molecule has 2 aromatic rings. The number of pyridine rings is 1. The van der Waals surface area contributed by atoms with Crippen LogP contribution >= 0.6 is 11.3 Å². The molecular weight excluding hydrogens is 230 g/mol. The predicted molar refractivity (Wildman–Crippen MR) is 73.4 cm³/mol. The molecule has 0 amide bonds. The van der Waals surface area contributed by atoms with Gasteiger partial charge in [0.1, 0.15) is 0 Å². The Hall–Kier alpha value is -1.39. The average Bonchev–Trinajstić information content (AvgIpc) is 2.89. The van der Waals surface area contributed by atoms with Crippen LogP contribution in [0.2, 0.25) is 0 Å². The summed E-state index contributed by atoms with van der Waals surface area (Å²) in [7, 11) is 2.09. The monoisotopic (exact) mass is 247 g/mol. The molecule has 2 aromatic heterocycles. The van der Waals surface area contributed by atoms with E-state index >= 15 is 0 Å². The van der Waals surface area contributed by atoms with Gasteiger partial charge in [-0.2, -0.15) is 0 Å². The molecule has 0 saturated heterocycles. The highest BCUT2D eigenvalue weighted by Gasteiger charge is 2.02. The molecule has 2 rings (SSSR count). The number of likely N-dealkylation sites (N-methyl/N-ethyl adjacent to an activating group) is 1. The first-order valence-corrected chi connectivity index (χ1v) is 6.56. The van der Waals surface area contributed by atoms with Crippen molar-refractivity contribution < 1.29 is 0 Å². The first-order valence-electron chi connectivity index (χ1n) is 5.68. The Balaban J connectivity index is 1.92. The third kappa shape index (κ3) is 3.28. The molecule has 0 unspecified atom stereocenters. The fourth-order valence-electron chi connectivity index (χ4n) is 1.63. The SMILES string of the molecule is CN(CCc1cccs1)c1ccc(CN)nc1. The summed E-state index contributed by atoms with van der Waals surface area (Å²) in [4.78, 5) is 7.93. The van der Waals surface area contributed by atoms with Crippen LogP contribution in [0.15, 0.2) is 35.8 Å². The van der Waals surface area contributed by atoms with Gasteiger partial charge in [0.15, 0.2) is 0 Å². The maximum absolute atomic E-state index is 5.52. The van der Waals surface area contributed by atoms with Gasteiger partial charge >= 0.3 is 0 Å². The van der Waals surface area contributed by atoms with Crippen LogP contribution in [-0.2, 0) is 13.0 Å². The van der Waals surface area contributed by atoms with Crippen molar-refractivity contribution >= 4 is 17.0 Å². The third-order valence-corrected chi connectivity index (χ3v) is 3.67. The molecule has 3 nitrogen and oxygen atoms in total. The summed E-state index contributed by atoms with van der Waals surface area (Å²) in [5.74, 6) is 0. The summed E-state index contributed by atoms with van der Waals surface area (Å²) in [5, 5.41) is 2.12. The zero-order valence-electron chi connectivity index (χ0n) is 9.97. The summed E-state index contributed by atoms with van der Waals surface area (Å²) in [6.07, 6.45) is 2.96. The lowest BCUT2D eigenvalue weighted by molar-refractivity contribution is 0.879. The van der Waals surface area contributed by atoms with Gasteiger partial charge in [0.25, 0.3) is 0 Å². The summed E-state index contributed by atoms with van der Waals surface area (Å²) < 4.78 is 0. The third-order valence-electron chi connectivity index (χ3n) is 2.73. The number of rotatable bonds is 5. The maximum Gasteiger partial charge on any atom is 0.0550 e. The first-order chi connectivity index (χ1) is 8.29. The van der Waals surface area contributed by atoms with Crippen molar-refractivity contribution in [2.45, 2.75) is 13.0 Å². The maximum atomic E-state index is 5.52. The molecule has 0 bridgehead atoms. The summed E-state index contributed by atoms with van der Waals surface area (Å²) in [6, 6.07) is 8.33. The van der Waals surface area contributed by atoms with Crippen LogP contribution < -0.4 is 10.6 Å². The smallest absolute Gasteiger partial charge is 0.0550 e. The highest BCUT2D eigenvalue weighted by atomic mass is 32.1. The van der Waals surface area contributed by atoms with Gasteiger partial charge in [-0.1, -0.05) is 6.07 Å². The van der Waals surface area contributed by atoms with Crippen molar-refractivity contribution in [3.8, 4) is 0 Å². The number of nitrogens with two attached hydrogens (primary N) is 1. The summed E-state index contributed by atoms with van der Waals surface area (Å²) >= 11 is 1.81. The van der Waals surface area contributed by atoms with Crippen LogP contribution in [0, 0.1) is 0 Å². The van der Waals surface area contributed by atoms with Crippen LogP contribution in [0.3, 0.4) is 0 Å². The second-order valence-corrected chi connectivity index (χ2v) is 5.00. The molecule has 17 heavy (non-hydrogen) atoms. The van der Waals surface area contributed by atoms with E-state index < -0.39 is 0 Å². The van der Waals surface area contributed by atoms with Gasteiger partial charge in [-0.05, 0) is 30.0 Å². The van der Waals surface area contributed by atoms with Crippen LogP contribution in [0.25, 0.3) is 0 Å². The van der Waals surface area contributed by atoms with E-state index in [2.05, 4.69) is 40.5 Å². The normalized spacial score (nSPS) is 10.5. The van der Waals surface area contributed by atoms with E-state index in [1.54, 1.807) is 0 Å². The lowest BCUT2D eigenvalue weighted by atomic mass is 10.3. The Kier molecular flexibility index (Phi) is 4.12. The topological polar surface area (TPSA) is 42.1 Å². The van der Waals surface area contributed by atoms with Gasteiger partial charge in [-0.25, -0.2) is 0 Å². The minimum absolute atomic E-state index is 0.499. The van der Waals surface area contributed by atoms with Crippen molar-refractivity contribution in [2.24, 2.45) is 5.73 Å². The molecule has 0 aromatic carbocycles. The van der Waals surface area contributed by atoms with Crippen molar-refractivity contribution in [3.05, 3.63) is 46.4 Å². The number of aromatic nitrogens is 1. The van der Waals surface area contributed by atoms with Crippen molar-refractivity contribution in [2.75, 3.05) is 18.5 Å². The second-order valence-electron chi connectivity index (χ2n) is 3.96. The van der Waals surface area contributed by atoms with E-state index in [1.807, 2.05) is 23.6 Å². The molecular formula is C13H17N3S. The van der Waals surface area contributed by atoms with E-state index in [-0.39, 0.29) is 0 Å². The van der Waals surface area contributed by atoms with Crippen molar-refractivity contribution in [1.82, 2.24) is 4.98 Å². The molecule has 0 aliphatic heterocycles. The van der Waals surface area contributed by atoms with E-state index in [4.69, 9.17) is 5.73 Å². The molecule has 0 fully saturated rings. The Labute approximate surface area is 106 Å². The van der Waals surface area contributed by atoms with Crippen LogP contribution in [-0.4, -0.2) is 18.6 Å². The van der Waals surface area contributed by atoms with Crippen LogP contribution in [0.1, 0.15) is 10.6 Å². The van der Waals surface area contributed by atoms with E-state index in [9.17, 15) is 0 Å². The van der Waals surface area contributed by atoms with Crippen LogP contribution in [0.5, 0.6) is 0 Å². The lowest BCUT2D eigenvalue weighted by Crippen LogP contribution is -2.20. The summed E-state index contributed by atoms with van der Waals surface area (Å²) in [5.41, 5.74) is 7.59. The molecule has 2 heterocycles. The number of anilines is 1. The zero-order chi connectivity index (χ0) is 12.1. The Morgan fingerprint density at radius 3 is 2.82 bits per heavy atom. The molecule has 2 N–H and O–H groups in total. The van der Waals surface area contributed by atoms with Gasteiger partial charge in [0.05, 0.1) is 17.6 Å². The van der Waals surface area contributed by atoms with Crippen molar-refractivity contribution in [1.29, 1.82) is 0 Å². The number of nitrogens with zero attached hydrogens (tertiary/aromatic N) is 2. The highest BCUT2D eigenvalue weighted by Crippen LogP contribution is 2.14. The minimum atomic E-state index is 0.499. The average molecular weight is 247 g/mol. The molecule has 90 valence electrons. The lowest BCUT2D eigenvalue weighted by Gasteiger charge is -2.18. The molecule has 0 aliphatic rings. The molecule has 0 atom stereocenters. The van der Waals surface area contributed by atoms with Gasteiger partial charge in [0.2, 0.25) is 0 Å². The minimum Gasteiger partial charge on any atom is -0.373 e. The van der Waals surface area contributed by atoms with E-state index in [0.29, 0.717) is 6.54 Å². The van der Waals surface area contributed by atoms with Crippen molar-refractivity contribution in [3.63, 3.8) is 0 Å². The highest BCUT2D eigenvalue weighted by molar-refractivity contribution is 7.09. The molecule has 0 spiro atoms.